The number of hydrogen-bond donors (Lipinski definition) is 0. The predicted molar refractivity (Wildman–Crippen MR) is 91.7 cm³/mol. The van der Waals surface area contributed by atoms with Crippen LogP contribution >= 0.6 is 0 Å². The van der Waals surface area contributed by atoms with Crippen LogP contribution in [0.5, 0.6) is 5.88 Å². The number of hydrogen-bond acceptors (Lipinski definition) is 5. The molecule has 0 bridgehead atoms. The molecule has 0 radical (unpaired) electrons. The molecule has 1 aliphatic rings. The number of benzene rings is 1. The molecule has 0 spiro atoms. The van der Waals surface area contributed by atoms with E-state index < -0.39 is 10.0 Å². The summed E-state index contributed by atoms with van der Waals surface area (Å²) in [6, 6.07) is 12.8. The molecule has 2 aromatic rings. The number of piperidine rings is 1. The largest absolute Gasteiger partial charge is 0.472 e. The minimum Gasteiger partial charge on any atom is -0.472 e. The van der Waals surface area contributed by atoms with Gasteiger partial charge < -0.3 is 4.74 Å². The van der Waals surface area contributed by atoms with Crippen molar-refractivity contribution in [2.24, 2.45) is 0 Å². The zero-order valence-corrected chi connectivity index (χ0v) is 14.0. The van der Waals surface area contributed by atoms with Crippen LogP contribution in [0.1, 0.15) is 18.4 Å². The van der Waals surface area contributed by atoms with Crippen LogP contribution in [0.15, 0.2) is 54.1 Å². The lowest BCUT2D eigenvalue weighted by molar-refractivity contribution is 0.124. The van der Waals surface area contributed by atoms with Gasteiger partial charge in [-0.2, -0.15) is 9.40 Å². The molecule has 1 saturated heterocycles. The second kappa shape index (κ2) is 7.55. The Morgan fingerprint density at radius 2 is 2.00 bits per heavy atom. The highest BCUT2D eigenvalue weighted by Gasteiger charge is 2.28. The Bertz CT molecular complexity index is 779. The highest BCUT2D eigenvalue weighted by Crippen LogP contribution is 2.19. The first-order valence-corrected chi connectivity index (χ1v) is 9.31. The summed E-state index contributed by atoms with van der Waals surface area (Å²) in [4.78, 5) is 0. The van der Waals surface area contributed by atoms with E-state index in [-0.39, 0.29) is 6.10 Å². The van der Waals surface area contributed by atoms with E-state index in [2.05, 4.69) is 10.2 Å². The summed E-state index contributed by atoms with van der Waals surface area (Å²) in [6.45, 7) is 0.819. The summed E-state index contributed by atoms with van der Waals surface area (Å²) < 4.78 is 32.2. The number of sulfonamides is 1. The maximum atomic E-state index is 12.5. The SMILES string of the molecule is O=S(=O)(/C=C/c1ccccc1)N1CCC[C@H](Oc2cccnn2)C1. The van der Waals surface area contributed by atoms with Crippen molar-refractivity contribution >= 4 is 16.1 Å². The van der Waals surface area contributed by atoms with E-state index in [0.29, 0.717) is 19.0 Å². The molecular weight excluding hydrogens is 326 g/mol. The lowest BCUT2D eigenvalue weighted by Gasteiger charge is -2.30. The molecule has 0 aliphatic carbocycles. The van der Waals surface area contributed by atoms with Crippen LogP contribution in [0.2, 0.25) is 0 Å². The van der Waals surface area contributed by atoms with Crippen molar-refractivity contribution in [3.8, 4) is 5.88 Å². The molecule has 0 unspecified atom stereocenters. The zero-order chi connectivity index (χ0) is 16.8. The molecule has 126 valence electrons. The maximum Gasteiger partial charge on any atom is 0.236 e. The average Bonchev–Trinajstić information content (AvgIpc) is 2.62. The third-order valence-corrected chi connectivity index (χ3v) is 5.30. The molecule has 2 heterocycles. The van der Waals surface area contributed by atoms with E-state index in [0.717, 1.165) is 18.4 Å². The van der Waals surface area contributed by atoms with Crippen LogP contribution in [-0.2, 0) is 10.0 Å². The van der Waals surface area contributed by atoms with Crippen molar-refractivity contribution in [2.75, 3.05) is 13.1 Å². The molecule has 1 fully saturated rings. The highest BCUT2D eigenvalue weighted by atomic mass is 32.2. The van der Waals surface area contributed by atoms with E-state index in [1.165, 1.54) is 9.71 Å². The Morgan fingerprint density at radius 1 is 1.17 bits per heavy atom. The Balaban J connectivity index is 1.66. The second-order valence-corrected chi connectivity index (χ2v) is 7.38. The highest BCUT2D eigenvalue weighted by molar-refractivity contribution is 7.92. The van der Waals surface area contributed by atoms with Gasteiger partial charge >= 0.3 is 0 Å². The van der Waals surface area contributed by atoms with E-state index >= 15 is 0 Å². The molecule has 3 rings (SSSR count). The molecule has 0 N–H and O–H groups in total. The van der Waals surface area contributed by atoms with Gasteiger partial charge in [-0.15, -0.1) is 5.10 Å². The van der Waals surface area contributed by atoms with Gasteiger partial charge in [0.25, 0.3) is 0 Å². The van der Waals surface area contributed by atoms with Crippen LogP contribution in [0.4, 0.5) is 0 Å². The second-order valence-electron chi connectivity index (χ2n) is 5.56. The fraction of sp³-hybridized carbons (Fsp3) is 0.294. The van der Waals surface area contributed by atoms with Gasteiger partial charge in [0.2, 0.25) is 15.9 Å². The van der Waals surface area contributed by atoms with Crippen LogP contribution in [-0.4, -0.2) is 42.1 Å². The first-order chi connectivity index (χ1) is 11.6. The summed E-state index contributed by atoms with van der Waals surface area (Å²) >= 11 is 0. The molecule has 7 heteroatoms. The molecule has 1 aliphatic heterocycles. The normalized spacial score (nSPS) is 19.4. The van der Waals surface area contributed by atoms with Gasteiger partial charge in [-0.1, -0.05) is 30.3 Å². The Hall–Kier alpha value is -2.25. The van der Waals surface area contributed by atoms with Crippen molar-refractivity contribution in [1.82, 2.24) is 14.5 Å². The van der Waals surface area contributed by atoms with Crippen molar-refractivity contribution in [3.05, 3.63) is 59.6 Å². The van der Waals surface area contributed by atoms with Crippen LogP contribution in [0.3, 0.4) is 0 Å². The van der Waals surface area contributed by atoms with E-state index in [4.69, 9.17) is 4.74 Å². The van der Waals surface area contributed by atoms with Gasteiger partial charge in [-0.25, -0.2) is 8.42 Å². The Labute approximate surface area is 141 Å². The quantitative estimate of drug-likeness (QED) is 0.831. The summed E-state index contributed by atoms with van der Waals surface area (Å²) in [7, 11) is -3.47. The number of ether oxygens (including phenoxy) is 1. The third-order valence-electron chi connectivity index (χ3n) is 3.77. The van der Waals surface area contributed by atoms with Gasteiger partial charge in [0.1, 0.15) is 6.10 Å². The van der Waals surface area contributed by atoms with Gasteiger partial charge in [0, 0.05) is 24.2 Å². The molecule has 0 saturated carbocycles. The smallest absolute Gasteiger partial charge is 0.236 e. The molecule has 0 amide bonds. The van der Waals surface area contributed by atoms with Crippen LogP contribution in [0, 0.1) is 0 Å². The molecule has 1 aromatic heterocycles. The first-order valence-electron chi connectivity index (χ1n) is 7.81. The van der Waals surface area contributed by atoms with E-state index in [1.807, 2.05) is 30.3 Å². The molecule has 6 nitrogen and oxygen atoms in total. The maximum absolute atomic E-state index is 12.5. The molecule has 24 heavy (non-hydrogen) atoms. The average molecular weight is 345 g/mol. The van der Waals surface area contributed by atoms with Crippen molar-refractivity contribution in [1.29, 1.82) is 0 Å². The number of aromatic nitrogens is 2. The Kier molecular flexibility index (Phi) is 5.22. The fourth-order valence-electron chi connectivity index (χ4n) is 2.57. The summed E-state index contributed by atoms with van der Waals surface area (Å²) in [6.07, 6.45) is 4.52. The van der Waals surface area contributed by atoms with Gasteiger partial charge in [-0.05, 0) is 30.5 Å². The summed E-state index contributed by atoms with van der Waals surface area (Å²) in [5.74, 6) is 0.418. The lowest BCUT2D eigenvalue weighted by atomic mass is 10.1. The topological polar surface area (TPSA) is 72.4 Å². The Morgan fingerprint density at radius 3 is 2.75 bits per heavy atom. The van der Waals surface area contributed by atoms with Crippen molar-refractivity contribution < 1.29 is 13.2 Å². The minimum absolute atomic E-state index is 0.213. The minimum atomic E-state index is -3.47. The molecule has 1 atom stereocenters. The van der Waals surface area contributed by atoms with Gasteiger partial charge in [0.05, 0.1) is 6.54 Å². The number of nitrogens with zero attached hydrogens (tertiary/aromatic N) is 3. The standard InChI is InChI=1S/C17H19N3O3S/c21-24(22,13-10-15-6-2-1-3-7-15)20-12-5-8-16(14-20)23-17-9-4-11-18-19-17/h1-4,6-7,9-11,13,16H,5,8,12,14H2/b13-10+/t16-/m0/s1. The fourth-order valence-corrected chi connectivity index (χ4v) is 3.83. The lowest BCUT2D eigenvalue weighted by Crippen LogP contribution is -2.43. The van der Waals surface area contributed by atoms with Gasteiger partial charge in [0.15, 0.2) is 0 Å². The predicted octanol–water partition coefficient (Wildman–Crippen LogP) is 2.32. The summed E-state index contributed by atoms with van der Waals surface area (Å²) in [5.41, 5.74) is 0.852. The number of rotatable bonds is 5. The molecule has 1 aromatic carbocycles. The third kappa shape index (κ3) is 4.39. The summed E-state index contributed by atoms with van der Waals surface area (Å²) in [5, 5.41) is 8.90. The first kappa shape index (κ1) is 16.6. The van der Waals surface area contributed by atoms with E-state index in [9.17, 15) is 8.42 Å². The van der Waals surface area contributed by atoms with Gasteiger partial charge in [-0.3, -0.25) is 0 Å². The van der Waals surface area contributed by atoms with Crippen molar-refractivity contribution in [3.63, 3.8) is 0 Å². The van der Waals surface area contributed by atoms with Crippen LogP contribution < -0.4 is 4.74 Å². The monoisotopic (exact) mass is 345 g/mol. The van der Waals surface area contributed by atoms with Crippen LogP contribution in [0.25, 0.3) is 6.08 Å². The molecular formula is C17H19N3O3S. The van der Waals surface area contributed by atoms with Crippen molar-refractivity contribution in [2.45, 2.75) is 18.9 Å². The van der Waals surface area contributed by atoms with E-state index in [1.54, 1.807) is 24.4 Å². The zero-order valence-electron chi connectivity index (χ0n) is 13.2.